The molecule has 0 saturated heterocycles. The van der Waals surface area contributed by atoms with E-state index >= 15 is 0 Å². The van der Waals surface area contributed by atoms with E-state index in [2.05, 4.69) is 15.7 Å². The lowest BCUT2D eigenvalue weighted by Crippen LogP contribution is -2.24. The summed E-state index contributed by atoms with van der Waals surface area (Å²) in [5, 5.41) is 4.48. The lowest BCUT2D eigenvalue weighted by atomic mass is 9.76. The summed E-state index contributed by atoms with van der Waals surface area (Å²) in [6, 6.07) is 12.0. The standard InChI is InChI=1S/C18H19Cl2N2O2S/c1-21-18-8-6-13(11-3-7-16(19)17(20)9-11)14-5-4-12(10-15(14)18)22-25(23)24-2/h3-5,7,9-10,13,18,21H,6,8H2,1-2H3/q-1/t13-,18-/m0/s1. The van der Waals surface area contributed by atoms with Gasteiger partial charge in [0.2, 0.25) is 0 Å². The van der Waals surface area contributed by atoms with Gasteiger partial charge in [0.15, 0.2) is 0 Å². The molecule has 3 rings (SSSR count). The summed E-state index contributed by atoms with van der Waals surface area (Å²) in [6.07, 6.45) is 2.00. The summed E-state index contributed by atoms with van der Waals surface area (Å²) in [5.41, 5.74) is 4.19. The summed E-state index contributed by atoms with van der Waals surface area (Å²) in [5.74, 6) is 0.247. The van der Waals surface area contributed by atoms with Gasteiger partial charge in [0, 0.05) is 24.8 Å². The topological polar surface area (TPSA) is 50.7 Å². The van der Waals surface area contributed by atoms with Gasteiger partial charge < -0.3 is 18.1 Å². The van der Waals surface area contributed by atoms with Gasteiger partial charge in [0.1, 0.15) is 0 Å². The SMILES string of the molecule is CN[C@H]1CC[C@@H](c2ccc(Cl)c(Cl)c2)c2ccc(N=[S-](=O)OC)cc21. The van der Waals surface area contributed by atoms with Crippen LogP contribution in [0.25, 0.3) is 0 Å². The fourth-order valence-electron chi connectivity index (χ4n) is 3.38. The second kappa shape index (κ2) is 8.06. The summed E-state index contributed by atoms with van der Waals surface area (Å²) >= 11 is 12.3. The van der Waals surface area contributed by atoms with Crippen molar-refractivity contribution < 1.29 is 8.39 Å². The van der Waals surface area contributed by atoms with Crippen LogP contribution in [0.5, 0.6) is 0 Å². The molecule has 1 N–H and O–H groups in total. The van der Waals surface area contributed by atoms with Gasteiger partial charge in [0.25, 0.3) is 0 Å². The minimum Gasteiger partial charge on any atom is -0.441 e. The van der Waals surface area contributed by atoms with Crippen LogP contribution >= 0.6 is 23.2 Å². The normalized spacial score (nSPS) is 21.1. The molecule has 134 valence electrons. The molecular formula is C18H19Cl2N2O2S-. The van der Waals surface area contributed by atoms with Crippen molar-refractivity contribution in [3.05, 3.63) is 63.1 Å². The minimum absolute atomic E-state index is 0.236. The molecule has 0 aromatic heterocycles. The van der Waals surface area contributed by atoms with Crippen molar-refractivity contribution in [2.24, 2.45) is 4.36 Å². The molecule has 7 heteroatoms. The quantitative estimate of drug-likeness (QED) is 0.690. The predicted octanol–water partition coefficient (Wildman–Crippen LogP) is 5.52. The van der Waals surface area contributed by atoms with Crippen LogP contribution in [0.2, 0.25) is 10.0 Å². The van der Waals surface area contributed by atoms with Crippen molar-refractivity contribution >= 4 is 39.8 Å². The molecule has 2 atom stereocenters. The summed E-state index contributed by atoms with van der Waals surface area (Å²) in [4.78, 5) is 0. The third-order valence-electron chi connectivity index (χ3n) is 4.58. The smallest absolute Gasteiger partial charge is 0.0595 e. The van der Waals surface area contributed by atoms with Gasteiger partial charge in [-0.05, 0) is 60.8 Å². The zero-order valence-corrected chi connectivity index (χ0v) is 16.3. The number of hydrogen-bond acceptors (Lipinski definition) is 5. The highest BCUT2D eigenvalue weighted by Gasteiger charge is 2.27. The van der Waals surface area contributed by atoms with Crippen LogP contribution < -0.4 is 5.32 Å². The van der Waals surface area contributed by atoms with Crippen molar-refractivity contribution in [2.75, 3.05) is 14.2 Å². The highest BCUT2D eigenvalue weighted by molar-refractivity contribution is 7.69. The first kappa shape index (κ1) is 18.7. The molecule has 0 spiro atoms. The fraction of sp³-hybridized carbons (Fsp3) is 0.333. The maximum absolute atomic E-state index is 11.5. The van der Waals surface area contributed by atoms with Crippen LogP contribution in [0.4, 0.5) is 5.69 Å². The molecule has 2 aromatic rings. The summed E-state index contributed by atoms with van der Waals surface area (Å²) in [6.45, 7) is 0. The largest absolute Gasteiger partial charge is 0.441 e. The average molecular weight is 398 g/mol. The van der Waals surface area contributed by atoms with Crippen molar-refractivity contribution in [3.63, 3.8) is 0 Å². The van der Waals surface area contributed by atoms with Gasteiger partial charge >= 0.3 is 0 Å². The Kier molecular flexibility index (Phi) is 6.02. The highest BCUT2D eigenvalue weighted by Crippen LogP contribution is 2.43. The van der Waals surface area contributed by atoms with Gasteiger partial charge in [-0.25, -0.2) is 0 Å². The Labute approximate surface area is 159 Å². The zero-order valence-electron chi connectivity index (χ0n) is 14.0. The molecule has 1 aliphatic carbocycles. The second-order valence-electron chi connectivity index (χ2n) is 5.93. The van der Waals surface area contributed by atoms with E-state index in [4.69, 9.17) is 27.4 Å². The van der Waals surface area contributed by atoms with Crippen LogP contribution in [0.1, 0.15) is 41.5 Å². The van der Waals surface area contributed by atoms with E-state index in [9.17, 15) is 4.21 Å². The molecule has 0 amide bonds. The van der Waals surface area contributed by atoms with Gasteiger partial charge in [-0.2, -0.15) is 0 Å². The van der Waals surface area contributed by atoms with Crippen LogP contribution in [0.15, 0.2) is 40.8 Å². The van der Waals surface area contributed by atoms with Crippen molar-refractivity contribution in [1.29, 1.82) is 0 Å². The van der Waals surface area contributed by atoms with Crippen LogP contribution in [0, 0.1) is 0 Å². The van der Waals surface area contributed by atoms with Crippen molar-refractivity contribution in [2.45, 2.75) is 24.8 Å². The third-order valence-corrected chi connectivity index (χ3v) is 5.97. The molecule has 25 heavy (non-hydrogen) atoms. The van der Waals surface area contributed by atoms with Crippen LogP contribution in [-0.4, -0.2) is 14.2 Å². The number of rotatable bonds is 4. The molecule has 0 heterocycles. The Balaban J connectivity index is 2.06. The molecule has 0 radical (unpaired) electrons. The minimum atomic E-state index is -1.67. The molecule has 1 aliphatic rings. The Hall–Kier alpha value is -1.11. The van der Waals surface area contributed by atoms with Crippen LogP contribution in [-0.2, 0) is 19.3 Å². The number of halogens is 2. The van der Waals surface area contributed by atoms with E-state index < -0.39 is 10.9 Å². The molecule has 0 saturated carbocycles. The monoisotopic (exact) mass is 397 g/mol. The Morgan fingerprint density at radius 1 is 1.12 bits per heavy atom. The molecule has 0 unspecified atom stereocenters. The highest BCUT2D eigenvalue weighted by atomic mass is 35.5. The predicted molar refractivity (Wildman–Crippen MR) is 103 cm³/mol. The number of fused-ring (bicyclic) bond motifs is 1. The molecule has 0 bridgehead atoms. The molecular weight excluding hydrogens is 379 g/mol. The van der Waals surface area contributed by atoms with E-state index in [1.807, 2.05) is 37.4 Å². The zero-order chi connectivity index (χ0) is 18.0. The number of hydrogen-bond donors (Lipinski definition) is 1. The van der Waals surface area contributed by atoms with E-state index in [1.165, 1.54) is 18.2 Å². The summed E-state index contributed by atoms with van der Waals surface area (Å²) < 4.78 is 20.3. The average Bonchev–Trinajstić information content (AvgIpc) is 2.63. The fourth-order valence-corrected chi connectivity index (χ4v) is 4.05. The summed E-state index contributed by atoms with van der Waals surface area (Å²) in [7, 11) is 1.65. The molecule has 0 fully saturated rings. The van der Waals surface area contributed by atoms with Gasteiger partial charge in [0.05, 0.1) is 10.0 Å². The van der Waals surface area contributed by atoms with Crippen molar-refractivity contribution in [1.82, 2.24) is 5.32 Å². The van der Waals surface area contributed by atoms with E-state index in [0.717, 1.165) is 18.4 Å². The lowest BCUT2D eigenvalue weighted by molar-refractivity contribution is 0.438. The Bertz CT molecular complexity index is 866. The van der Waals surface area contributed by atoms with Crippen molar-refractivity contribution in [3.8, 4) is 0 Å². The second-order valence-corrected chi connectivity index (χ2v) is 7.70. The first-order valence-electron chi connectivity index (χ1n) is 7.97. The Morgan fingerprint density at radius 2 is 1.92 bits per heavy atom. The number of nitrogens with zero attached hydrogens (tertiary/aromatic N) is 1. The van der Waals surface area contributed by atoms with E-state index in [-0.39, 0.29) is 12.0 Å². The lowest BCUT2D eigenvalue weighted by Gasteiger charge is -2.32. The van der Waals surface area contributed by atoms with Gasteiger partial charge in [-0.3, -0.25) is 0 Å². The maximum Gasteiger partial charge on any atom is 0.0595 e. The number of nitrogens with one attached hydrogen (secondary N) is 1. The Morgan fingerprint density at radius 3 is 2.60 bits per heavy atom. The third kappa shape index (κ3) is 4.01. The first-order valence-corrected chi connectivity index (χ1v) is 9.76. The molecule has 0 aliphatic heterocycles. The molecule has 4 nitrogen and oxygen atoms in total. The molecule has 2 aromatic carbocycles. The van der Waals surface area contributed by atoms with E-state index in [0.29, 0.717) is 15.7 Å². The van der Waals surface area contributed by atoms with Gasteiger partial charge in [-0.1, -0.05) is 46.2 Å². The first-order chi connectivity index (χ1) is 12.0. The van der Waals surface area contributed by atoms with Gasteiger partial charge in [-0.15, -0.1) is 0 Å². The maximum atomic E-state index is 11.5. The van der Waals surface area contributed by atoms with E-state index in [1.54, 1.807) is 0 Å². The number of benzene rings is 2. The van der Waals surface area contributed by atoms with Crippen LogP contribution in [0.3, 0.4) is 0 Å².